The Kier molecular flexibility index (Phi) is 5.73. The SMILES string of the molecule is CCCN1CCC(CNCc2cnc(C)nc2)CC1. The van der Waals surface area contributed by atoms with Crippen LogP contribution in [0.3, 0.4) is 0 Å². The molecule has 0 amide bonds. The highest BCUT2D eigenvalue weighted by Gasteiger charge is 2.17. The van der Waals surface area contributed by atoms with Gasteiger partial charge in [0.25, 0.3) is 0 Å². The molecule has 0 unspecified atom stereocenters. The number of rotatable bonds is 6. The van der Waals surface area contributed by atoms with Gasteiger partial charge in [-0.15, -0.1) is 0 Å². The molecular formula is C15H26N4. The number of nitrogens with zero attached hydrogens (tertiary/aromatic N) is 3. The molecule has 1 aromatic rings. The molecule has 1 N–H and O–H groups in total. The topological polar surface area (TPSA) is 41.0 Å². The standard InChI is InChI=1S/C15H26N4/c1-3-6-19-7-4-14(5-8-19)9-16-10-15-11-17-13(2)18-12-15/h11-12,14,16H,3-10H2,1-2H3. The third kappa shape index (κ3) is 4.88. The summed E-state index contributed by atoms with van der Waals surface area (Å²) in [7, 11) is 0. The second-order valence-corrected chi connectivity index (χ2v) is 5.55. The molecule has 0 aromatic carbocycles. The van der Waals surface area contributed by atoms with Crippen LogP contribution >= 0.6 is 0 Å². The van der Waals surface area contributed by atoms with Crippen LogP contribution in [0, 0.1) is 12.8 Å². The van der Waals surface area contributed by atoms with Crippen LogP contribution in [0.1, 0.15) is 37.6 Å². The Morgan fingerprint density at radius 1 is 1.26 bits per heavy atom. The fourth-order valence-electron chi connectivity index (χ4n) is 2.66. The smallest absolute Gasteiger partial charge is 0.125 e. The summed E-state index contributed by atoms with van der Waals surface area (Å²) < 4.78 is 0. The average Bonchev–Trinajstić information content (AvgIpc) is 2.43. The van der Waals surface area contributed by atoms with E-state index >= 15 is 0 Å². The zero-order valence-electron chi connectivity index (χ0n) is 12.2. The lowest BCUT2D eigenvalue weighted by Gasteiger charge is -2.31. The third-order valence-corrected chi connectivity index (χ3v) is 3.84. The first-order valence-corrected chi connectivity index (χ1v) is 7.48. The number of aromatic nitrogens is 2. The van der Waals surface area contributed by atoms with Crippen molar-refractivity contribution in [1.29, 1.82) is 0 Å². The van der Waals surface area contributed by atoms with E-state index in [1.54, 1.807) is 0 Å². The number of hydrogen-bond donors (Lipinski definition) is 1. The van der Waals surface area contributed by atoms with E-state index < -0.39 is 0 Å². The van der Waals surface area contributed by atoms with Crippen molar-refractivity contribution < 1.29 is 0 Å². The zero-order valence-corrected chi connectivity index (χ0v) is 12.2. The minimum atomic E-state index is 0.833. The maximum Gasteiger partial charge on any atom is 0.125 e. The Balaban J connectivity index is 1.63. The van der Waals surface area contributed by atoms with Crippen molar-refractivity contribution in [1.82, 2.24) is 20.2 Å². The fraction of sp³-hybridized carbons (Fsp3) is 0.733. The summed E-state index contributed by atoms with van der Waals surface area (Å²) in [5, 5.41) is 3.54. The molecule has 0 bridgehead atoms. The fourth-order valence-corrected chi connectivity index (χ4v) is 2.66. The van der Waals surface area contributed by atoms with Crippen LogP contribution in [-0.4, -0.2) is 41.0 Å². The summed E-state index contributed by atoms with van der Waals surface area (Å²) >= 11 is 0. The Hall–Kier alpha value is -1.00. The normalized spacial score (nSPS) is 17.8. The molecule has 0 saturated carbocycles. The molecule has 1 saturated heterocycles. The second kappa shape index (κ2) is 7.56. The Morgan fingerprint density at radius 3 is 2.58 bits per heavy atom. The van der Waals surface area contributed by atoms with Crippen molar-refractivity contribution in [3.63, 3.8) is 0 Å². The molecule has 0 aliphatic carbocycles. The van der Waals surface area contributed by atoms with Crippen molar-refractivity contribution in [3.8, 4) is 0 Å². The number of hydrogen-bond acceptors (Lipinski definition) is 4. The predicted molar refractivity (Wildman–Crippen MR) is 77.9 cm³/mol. The van der Waals surface area contributed by atoms with Gasteiger partial charge in [-0.1, -0.05) is 6.92 Å². The highest BCUT2D eigenvalue weighted by Crippen LogP contribution is 2.16. The summed E-state index contributed by atoms with van der Waals surface area (Å²) in [4.78, 5) is 11.0. The molecule has 2 rings (SSSR count). The van der Waals surface area contributed by atoms with Gasteiger partial charge in [-0.2, -0.15) is 0 Å². The van der Waals surface area contributed by atoms with Gasteiger partial charge in [0.05, 0.1) is 0 Å². The maximum absolute atomic E-state index is 4.22. The van der Waals surface area contributed by atoms with Crippen molar-refractivity contribution in [2.24, 2.45) is 5.92 Å². The molecule has 1 fully saturated rings. The van der Waals surface area contributed by atoms with Crippen LogP contribution in [0.25, 0.3) is 0 Å². The van der Waals surface area contributed by atoms with E-state index in [0.717, 1.165) is 24.8 Å². The van der Waals surface area contributed by atoms with Crippen LogP contribution in [-0.2, 0) is 6.54 Å². The molecule has 0 spiro atoms. The summed E-state index contributed by atoms with van der Waals surface area (Å²) in [5.74, 6) is 1.67. The maximum atomic E-state index is 4.22. The van der Waals surface area contributed by atoms with Gasteiger partial charge in [0.15, 0.2) is 0 Å². The number of piperidine rings is 1. The lowest BCUT2D eigenvalue weighted by molar-refractivity contribution is 0.182. The minimum Gasteiger partial charge on any atom is -0.312 e. The first-order chi connectivity index (χ1) is 9.28. The van der Waals surface area contributed by atoms with E-state index in [4.69, 9.17) is 0 Å². The summed E-state index contributed by atoms with van der Waals surface area (Å²) in [6, 6.07) is 0. The summed E-state index contributed by atoms with van der Waals surface area (Å²) in [6.07, 6.45) is 7.77. The van der Waals surface area contributed by atoms with Crippen molar-refractivity contribution in [3.05, 3.63) is 23.8 Å². The molecule has 1 aliphatic rings. The molecule has 0 atom stereocenters. The van der Waals surface area contributed by atoms with Gasteiger partial charge in [0, 0.05) is 24.5 Å². The minimum absolute atomic E-state index is 0.833. The van der Waals surface area contributed by atoms with E-state index in [-0.39, 0.29) is 0 Å². The van der Waals surface area contributed by atoms with Gasteiger partial charge < -0.3 is 10.2 Å². The Morgan fingerprint density at radius 2 is 1.95 bits per heavy atom. The quantitative estimate of drug-likeness (QED) is 0.851. The molecule has 4 nitrogen and oxygen atoms in total. The molecule has 1 aromatic heterocycles. The highest BCUT2D eigenvalue weighted by molar-refractivity contribution is 5.04. The molecule has 106 valence electrons. The molecule has 0 radical (unpaired) electrons. The first kappa shape index (κ1) is 14.4. The van der Waals surface area contributed by atoms with Gasteiger partial charge in [-0.05, 0) is 58.3 Å². The van der Waals surface area contributed by atoms with Gasteiger partial charge in [-0.3, -0.25) is 0 Å². The van der Waals surface area contributed by atoms with E-state index in [1.807, 2.05) is 19.3 Å². The zero-order chi connectivity index (χ0) is 13.5. The summed E-state index contributed by atoms with van der Waals surface area (Å²) in [5.41, 5.74) is 1.18. The molecule has 1 aliphatic heterocycles. The van der Waals surface area contributed by atoms with Crippen molar-refractivity contribution in [2.75, 3.05) is 26.2 Å². The monoisotopic (exact) mass is 262 g/mol. The predicted octanol–water partition coefficient (Wildman–Crippen LogP) is 2.00. The van der Waals surface area contributed by atoms with Crippen LogP contribution in [0.2, 0.25) is 0 Å². The van der Waals surface area contributed by atoms with E-state index in [0.29, 0.717) is 0 Å². The van der Waals surface area contributed by atoms with Crippen LogP contribution < -0.4 is 5.32 Å². The molecule has 19 heavy (non-hydrogen) atoms. The molecule has 2 heterocycles. The Labute approximate surface area is 116 Å². The van der Waals surface area contributed by atoms with Crippen LogP contribution in [0.5, 0.6) is 0 Å². The molecular weight excluding hydrogens is 236 g/mol. The number of nitrogens with one attached hydrogen (secondary N) is 1. The van der Waals surface area contributed by atoms with Crippen molar-refractivity contribution in [2.45, 2.75) is 39.7 Å². The van der Waals surface area contributed by atoms with Crippen LogP contribution in [0.4, 0.5) is 0 Å². The van der Waals surface area contributed by atoms with Crippen molar-refractivity contribution >= 4 is 0 Å². The van der Waals surface area contributed by atoms with Gasteiger partial charge in [0.1, 0.15) is 5.82 Å². The number of aryl methyl sites for hydroxylation is 1. The third-order valence-electron chi connectivity index (χ3n) is 3.84. The number of likely N-dealkylation sites (tertiary alicyclic amines) is 1. The second-order valence-electron chi connectivity index (χ2n) is 5.55. The van der Waals surface area contributed by atoms with Gasteiger partial charge >= 0.3 is 0 Å². The van der Waals surface area contributed by atoms with Gasteiger partial charge in [0.2, 0.25) is 0 Å². The Bertz CT molecular complexity index is 355. The summed E-state index contributed by atoms with van der Waals surface area (Å²) in [6.45, 7) is 9.99. The lowest BCUT2D eigenvalue weighted by atomic mass is 9.96. The first-order valence-electron chi connectivity index (χ1n) is 7.48. The lowest BCUT2D eigenvalue weighted by Crippen LogP contribution is -2.37. The van der Waals surface area contributed by atoms with E-state index in [9.17, 15) is 0 Å². The molecule has 4 heteroatoms. The largest absolute Gasteiger partial charge is 0.312 e. The average molecular weight is 262 g/mol. The van der Waals surface area contributed by atoms with Gasteiger partial charge in [-0.25, -0.2) is 9.97 Å². The highest BCUT2D eigenvalue weighted by atomic mass is 15.1. The van der Waals surface area contributed by atoms with E-state index in [2.05, 4.69) is 27.1 Å². The van der Waals surface area contributed by atoms with Crippen LogP contribution in [0.15, 0.2) is 12.4 Å². The van der Waals surface area contributed by atoms with E-state index in [1.165, 1.54) is 44.5 Å².